The minimum absolute atomic E-state index is 0.0352. The summed E-state index contributed by atoms with van der Waals surface area (Å²) in [7, 11) is 0. The molecule has 0 amide bonds. The van der Waals surface area contributed by atoms with Crippen molar-refractivity contribution >= 4 is 29.0 Å². The van der Waals surface area contributed by atoms with Crippen LogP contribution in [0.15, 0.2) is 48.5 Å². The topological polar surface area (TPSA) is 26.3 Å². The summed E-state index contributed by atoms with van der Waals surface area (Å²) in [6, 6.07) is 14.1. The summed E-state index contributed by atoms with van der Waals surface area (Å²) < 4.78 is 5.63. The molecule has 0 aliphatic carbocycles. The fourth-order valence-electron chi connectivity index (χ4n) is 1.58. The fourth-order valence-corrected chi connectivity index (χ4v) is 1.88. The van der Waals surface area contributed by atoms with Crippen LogP contribution in [0.5, 0.6) is 11.5 Å². The molecule has 0 fully saturated rings. The Labute approximate surface area is 121 Å². The molecule has 2 aromatic rings. The number of rotatable bonds is 5. The third-order valence-corrected chi connectivity index (χ3v) is 2.99. The van der Waals surface area contributed by atoms with E-state index in [4.69, 9.17) is 27.9 Å². The van der Waals surface area contributed by atoms with Crippen LogP contribution in [-0.4, -0.2) is 11.7 Å². The highest BCUT2D eigenvalue weighted by Crippen LogP contribution is 2.23. The third kappa shape index (κ3) is 3.98. The van der Waals surface area contributed by atoms with E-state index in [9.17, 15) is 4.79 Å². The Bertz CT molecular complexity index is 547. The van der Waals surface area contributed by atoms with Crippen LogP contribution < -0.4 is 4.74 Å². The first kappa shape index (κ1) is 13.9. The minimum atomic E-state index is 0.0352. The lowest BCUT2D eigenvalue weighted by atomic mass is 10.1. The molecule has 0 unspecified atom stereocenters. The monoisotopic (exact) mass is 294 g/mol. The summed E-state index contributed by atoms with van der Waals surface area (Å²) in [4.78, 5) is 11.6. The second-order valence-corrected chi connectivity index (χ2v) is 4.76. The van der Waals surface area contributed by atoms with Crippen LogP contribution in [-0.2, 0) is 0 Å². The molecule has 0 heterocycles. The Hall–Kier alpha value is -1.51. The SMILES string of the molecule is O=C(CCCl)c1ccc(Oc2ccc(Cl)cc2)cc1. The quantitative estimate of drug-likeness (QED) is 0.576. The average Bonchev–Trinajstić information content (AvgIpc) is 2.42. The highest BCUT2D eigenvalue weighted by atomic mass is 35.5. The maximum Gasteiger partial charge on any atom is 0.164 e. The van der Waals surface area contributed by atoms with Crippen molar-refractivity contribution in [1.29, 1.82) is 0 Å². The summed E-state index contributed by atoms with van der Waals surface area (Å²) in [6.45, 7) is 0. The van der Waals surface area contributed by atoms with E-state index in [0.717, 1.165) is 0 Å². The van der Waals surface area contributed by atoms with Gasteiger partial charge >= 0.3 is 0 Å². The highest BCUT2D eigenvalue weighted by Gasteiger charge is 2.05. The van der Waals surface area contributed by atoms with Crippen molar-refractivity contribution < 1.29 is 9.53 Å². The maximum absolute atomic E-state index is 11.6. The Morgan fingerprint density at radius 3 is 2.00 bits per heavy atom. The fraction of sp³-hybridized carbons (Fsp3) is 0.133. The van der Waals surface area contributed by atoms with Gasteiger partial charge in [-0.3, -0.25) is 4.79 Å². The molecular formula is C15H12Cl2O2. The number of carbonyl (C=O) groups is 1. The van der Waals surface area contributed by atoms with E-state index in [-0.39, 0.29) is 5.78 Å². The van der Waals surface area contributed by atoms with Crippen molar-refractivity contribution in [2.24, 2.45) is 0 Å². The normalized spacial score (nSPS) is 10.2. The number of hydrogen-bond donors (Lipinski definition) is 0. The molecule has 0 saturated heterocycles. The van der Waals surface area contributed by atoms with Gasteiger partial charge in [0.2, 0.25) is 0 Å². The molecular weight excluding hydrogens is 283 g/mol. The summed E-state index contributed by atoms with van der Waals surface area (Å²) in [6.07, 6.45) is 0.346. The van der Waals surface area contributed by atoms with Gasteiger partial charge in [-0.25, -0.2) is 0 Å². The number of alkyl halides is 1. The maximum atomic E-state index is 11.6. The van der Waals surface area contributed by atoms with Crippen LogP contribution in [0, 0.1) is 0 Å². The van der Waals surface area contributed by atoms with Gasteiger partial charge in [-0.1, -0.05) is 11.6 Å². The minimum Gasteiger partial charge on any atom is -0.457 e. The van der Waals surface area contributed by atoms with Gasteiger partial charge in [0, 0.05) is 22.9 Å². The van der Waals surface area contributed by atoms with E-state index in [1.807, 2.05) is 0 Å². The van der Waals surface area contributed by atoms with Crippen LogP contribution >= 0.6 is 23.2 Å². The van der Waals surface area contributed by atoms with Gasteiger partial charge in [0.25, 0.3) is 0 Å². The third-order valence-electron chi connectivity index (χ3n) is 2.55. The van der Waals surface area contributed by atoms with Gasteiger partial charge < -0.3 is 4.74 Å². The van der Waals surface area contributed by atoms with E-state index in [2.05, 4.69) is 0 Å². The first-order chi connectivity index (χ1) is 9.19. The van der Waals surface area contributed by atoms with Crippen molar-refractivity contribution in [3.05, 3.63) is 59.1 Å². The predicted molar refractivity (Wildman–Crippen MR) is 77.6 cm³/mol. The number of Topliss-reactive ketones (excluding diaryl/α,β-unsaturated/α-hetero) is 1. The van der Waals surface area contributed by atoms with Crippen LogP contribution in [0.3, 0.4) is 0 Å². The van der Waals surface area contributed by atoms with E-state index < -0.39 is 0 Å². The van der Waals surface area contributed by atoms with Crippen LogP contribution in [0.4, 0.5) is 0 Å². The zero-order chi connectivity index (χ0) is 13.7. The molecule has 2 nitrogen and oxygen atoms in total. The first-order valence-corrected chi connectivity index (χ1v) is 6.73. The number of carbonyl (C=O) groups excluding carboxylic acids is 1. The van der Waals surface area contributed by atoms with E-state index in [0.29, 0.717) is 34.4 Å². The summed E-state index contributed by atoms with van der Waals surface area (Å²) in [5.74, 6) is 1.74. The second kappa shape index (κ2) is 6.60. The molecule has 0 N–H and O–H groups in total. The molecule has 0 saturated carbocycles. The van der Waals surface area contributed by atoms with Crippen molar-refractivity contribution in [1.82, 2.24) is 0 Å². The van der Waals surface area contributed by atoms with Crippen molar-refractivity contribution in [2.75, 3.05) is 5.88 Å². The van der Waals surface area contributed by atoms with Crippen molar-refractivity contribution in [3.8, 4) is 11.5 Å². The molecule has 0 atom stereocenters. The standard InChI is InChI=1S/C15H12Cl2O2/c16-10-9-15(18)11-1-5-13(6-2-11)19-14-7-3-12(17)4-8-14/h1-8H,9-10H2. The zero-order valence-corrected chi connectivity index (χ0v) is 11.6. The van der Waals surface area contributed by atoms with Gasteiger partial charge in [-0.2, -0.15) is 0 Å². The van der Waals surface area contributed by atoms with Gasteiger partial charge in [0.05, 0.1) is 0 Å². The molecule has 2 rings (SSSR count). The van der Waals surface area contributed by atoms with Crippen molar-refractivity contribution in [3.63, 3.8) is 0 Å². The predicted octanol–water partition coefficient (Wildman–Crippen LogP) is 4.94. The highest BCUT2D eigenvalue weighted by molar-refractivity contribution is 6.30. The number of halogens is 2. The average molecular weight is 295 g/mol. The number of ether oxygens (including phenoxy) is 1. The molecule has 19 heavy (non-hydrogen) atoms. The first-order valence-electron chi connectivity index (χ1n) is 5.81. The van der Waals surface area contributed by atoms with Crippen LogP contribution in [0.25, 0.3) is 0 Å². The van der Waals surface area contributed by atoms with Gasteiger partial charge in [0.1, 0.15) is 11.5 Å². The summed E-state index contributed by atoms with van der Waals surface area (Å²) in [5, 5.41) is 0.661. The smallest absolute Gasteiger partial charge is 0.164 e. The molecule has 2 aromatic carbocycles. The van der Waals surface area contributed by atoms with E-state index >= 15 is 0 Å². The lowest BCUT2D eigenvalue weighted by Crippen LogP contribution is -1.99. The Balaban J connectivity index is 2.06. The molecule has 0 radical (unpaired) electrons. The Morgan fingerprint density at radius 2 is 1.47 bits per heavy atom. The zero-order valence-electron chi connectivity index (χ0n) is 10.1. The van der Waals surface area contributed by atoms with Gasteiger partial charge in [-0.05, 0) is 48.5 Å². The summed E-state index contributed by atoms with van der Waals surface area (Å²) in [5.41, 5.74) is 0.643. The van der Waals surface area contributed by atoms with Gasteiger partial charge in [-0.15, -0.1) is 11.6 Å². The summed E-state index contributed by atoms with van der Waals surface area (Å²) >= 11 is 11.3. The molecule has 0 aliphatic rings. The number of benzene rings is 2. The van der Waals surface area contributed by atoms with E-state index in [1.165, 1.54) is 0 Å². The number of ketones is 1. The molecule has 4 heteroatoms. The molecule has 0 spiro atoms. The van der Waals surface area contributed by atoms with Crippen LogP contribution in [0.1, 0.15) is 16.8 Å². The number of hydrogen-bond acceptors (Lipinski definition) is 2. The van der Waals surface area contributed by atoms with Gasteiger partial charge in [0.15, 0.2) is 5.78 Å². The largest absolute Gasteiger partial charge is 0.457 e. The van der Waals surface area contributed by atoms with E-state index in [1.54, 1.807) is 48.5 Å². The molecule has 0 bridgehead atoms. The Kier molecular flexibility index (Phi) is 4.83. The Morgan fingerprint density at radius 1 is 0.947 bits per heavy atom. The molecule has 98 valence electrons. The van der Waals surface area contributed by atoms with Crippen LogP contribution in [0.2, 0.25) is 5.02 Å². The second-order valence-electron chi connectivity index (χ2n) is 3.94. The lowest BCUT2D eigenvalue weighted by molar-refractivity contribution is 0.0989. The molecule has 0 aliphatic heterocycles. The molecule has 0 aromatic heterocycles. The van der Waals surface area contributed by atoms with Crippen molar-refractivity contribution in [2.45, 2.75) is 6.42 Å². The lowest BCUT2D eigenvalue weighted by Gasteiger charge is -2.06.